The molecule has 1 radical (unpaired) electrons. The lowest BCUT2D eigenvalue weighted by molar-refractivity contribution is 0.565. The summed E-state index contributed by atoms with van der Waals surface area (Å²) in [6.45, 7) is 0. The van der Waals surface area contributed by atoms with Gasteiger partial charge in [0.15, 0.2) is 0 Å². The fourth-order valence-corrected chi connectivity index (χ4v) is 0.690. The predicted molar refractivity (Wildman–Crippen MR) is 37.2 cm³/mol. The summed E-state index contributed by atoms with van der Waals surface area (Å²) in [7, 11) is 0. The van der Waals surface area contributed by atoms with Crippen molar-refractivity contribution in [3.8, 4) is 0 Å². The lowest BCUT2D eigenvalue weighted by atomic mass is 10.7. The largest absolute Gasteiger partial charge is 0.333 e. The van der Waals surface area contributed by atoms with Gasteiger partial charge < -0.3 is 0 Å². The van der Waals surface area contributed by atoms with E-state index in [4.69, 9.17) is 0 Å². The predicted octanol–water partition coefficient (Wildman–Crippen LogP) is 0.489. The topological polar surface area (TPSA) is 58.9 Å². The molecule has 0 N–H and O–H groups in total. The van der Waals surface area contributed by atoms with Gasteiger partial charge in [-0.15, -0.1) is 8.80 Å². The van der Waals surface area contributed by atoms with Crippen molar-refractivity contribution in [1.82, 2.24) is 0 Å². The summed E-state index contributed by atoms with van der Waals surface area (Å²) in [4.78, 5) is 18.8. The molecule has 0 bridgehead atoms. The van der Waals surface area contributed by atoms with E-state index in [-0.39, 0.29) is 0 Å². The van der Waals surface area contributed by atoms with E-state index in [0.717, 1.165) is 23.6 Å². The third-order valence-corrected chi connectivity index (χ3v) is 1.31. The van der Waals surface area contributed by atoms with Crippen LogP contribution in [0.4, 0.5) is 0 Å². The van der Waals surface area contributed by atoms with Crippen LogP contribution >= 0.6 is 23.6 Å². The molecule has 0 aliphatic carbocycles. The zero-order chi connectivity index (χ0) is 6.95. The lowest BCUT2D eigenvalue weighted by Gasteiger charge is -1.76. The van der Waals surface area contributed by atoms with Crippen molar-refractivity contribution in [3.63, 3.8) is 0 Å². The standard InChI is InChI=1S/C2BN2O2S2/c6-1-4-8-3-9-5-2-7. The maximum Gasteiger partial charge on any atom is 0.333 e. The summed E-state index contributed by atoms with van der Waals surface area (Å²) in [5, 5.41) is 0. The Morgan fingerprint density at radius 1 is 1.11 bits per heavy atom. The fourth-order valence-electron chi connectivity index (χ4n) is 0.105. The van der Waals surface area contributed by atoms with Gasteiger partial charge in [0.05, 0.1) is 0 Å². The molecule has 0 unspecified atom stereocenters. The van der Waals surface area contributed by atoms with E-state index in [1.54, 1.807) is 0 Å². The smallest absolute Gasteiger partial charge is 0.210 e. The van der Waals surface area contributed by atoms with E-state index in [9.17, 15) is 9.59 Å². The molecule has 0 aromatic heterocycles. The second-order valence-electron chi connectivity index (χ2n) is 0.672. The van der Waals surface area contributed by atoms with Crippen LogP contribution in [0.15, 0.2) is 8.80 Å². The van der Waals surface area contributed by atoms with Crippen LogP contribution in [-0.2, 0) is 9.59 Å². The molecular formula is C2BN2O2S2. The van der Waals surface area contributed by atoms with Gasteiger partial charge in [0.25, 0.3) is 0 Å². The first-order chi connectivity index (χ1) is 4.41. The van der Waals surface area contributed by atoms with Crippen molar-refractivity contribution in [1.29, 1.82) is 0 Å². The summed E-state index contributed by atoms with van der Waals surface area (Å²) < 4.78 is 6.18. The van der Waals surface area contributed by atoms with Gasteiger partial charge in [0.1, 0.15) is 0 Å². The van der Waals surface area contributed by atoms with Crippen molar-refractivity contribution in [3.05, 3.63) is 0 Å². The van der Waals surface area contributed by atoms with Crippen molar-refractivity contribution in [2.24, 2.45) is 8.80 Å². The summed E-state index contributed by atoms with van der Waals surface area (Å²) in [6.07, 6.45) is 2.60. The third-order valence-electron chi connectivity index (χ3n) is 0.266. The average Bonchev–Trinajstić information content (AvgIpc) is 1.89. The normalized spacial score (nSPS) is 6.67. The van der Waals surface area contributed by atoms with Gasteiger partial charge >= 0.3 is 5.84 Å². The van der Waals surface area contributed by atoms with Crippen molar-refractivity contribution in [2.45, 2.75) is 0 Å². The van der Waals surface area contributed by atoms with Crippen molar-refractivity contribution >= 4 is 41.6 Å². The molecule has 0 rings (SSSR count). The first kappa shape index (κ1) is 8.52. The van der Waals surface area contributed by atoms with E-state index in [2.05, 4.69) is 8.80 Å². The molecule has 9 heavy (non-hydrogen) atoms. The Morgan fingerprint density at radius 3 is 1.89 bits per heavy atom. The molecule has 7 heteroatoms. The maximum absolute atomic E-state index is 9.39. The number of hydrogen-bond acceptors (Lipinski definition) is 6. The molecule has 4 nitrogen and oxygen atoms in total. The highest BCUT2D eigenvalue weighted by molar-refractivity contribution is 8.49. The SMILES string of the molecule is O=C=NS[B]SN=C=O. The third kappa shape index (κ3) is 7.52. The van der Waals surface area contributed by atoms with Crippen LogP contribution in [0.3, 0.4) is 0 Å². The highest BCUT2D eigenvalue weighted by atomic mass is 32.2. The molecule has 0 spiro atoms. The highest BCUT2D eigenvalue weighted by Crippen LogP contribution is 2.07. The Morgan fingerprint density at radius 2 is 1.56 bits per heavy atom. The molecule has 0 fully saturated rings. The molecule has 0 aliphatic rings. The molecule has 45 valence electrons. The van der Waals surface area contributed by atoms with Crippen LogP contribution in [0.5, 0.6) is 0 Å². The number of isocyanates is 2. The Labute approximate surface area is 60.5 Å². The van der Waals surface area contributed by atoms with E-state index >= 15 is 0 Å². The van der Waals surface area contributed by atoms with Crippen LogP contribution in [-0.4, -0.2) is 18.0 Å². The minimum atomic E-state index is 0.860. The van der Waals surface area contributed by atoms with Crippen molar-refractivity contribution < 1.29 is 9.59 Å². The van der Waals surface area contributed by atoms with E-state index < -0.39 is 0 Å². The average molecular weight is 159 g/mol. The maximum atomic E-state index is 9.39. The van der Waals surface area contributed by atoms with Gasteiger partial charge in [0, 0.05) is 0 Å². The number of carbonyl (C=O) groups excluding carboxylic acids is 2. The minimum absolute atomic E-state index is 0.860. The van der Waals surface area contributed by atoms with Crippen LogP contribution in [0, 0.1) is 0 Å². The van der Waals surface area contributed by atoms with E-state index in [0.29, 0.717) is 0 Å². The van der Waals surface area contributed by atoms with Gasteiger partial charge in [-0.25, -0.2) is 9.59 Å². The first-order valence-electron chi connectivity index (χ1n) is 1.69. The van der Waals surface area contributed by atoms with Gasteiger partial charge in [-0.1, -0.05) is 23.6 Å². The van der Waals surface area contributed by atoms with E-state index in [1.807, 2.05) is 0 Å². The second kappa shape index (κ2) is 7.52. The second-order valence-corrected chi connectivity index (χ2v) is 2.23. The molecule has 0 amide bonds. The Hall–Kier alpha value is -0.475. The van der Waals surface area contributed by atoms with E-state index in [1.165, 1.54) is 18.0 Å². The Balaban J connectivity index is 3.09. The molecule has 0 saturated carbocycles. The summed E-state index contributed by atoms with van der Waals surface area (Å²) in [5.74, 6) is 1.40. The molecule has 0 saturated heterocycles. The van der Waals surface area contributed by atoms with Gasteiger partial charge in [-0.05, 0) is 0 Å². The number of rotatable bonds is 4. The van der Waals surface area contributed by atoms with Crippen molar-refractivity contribution in [2.75, 3.05) is 0 Å². The van der Waals surface area contributed by atoms with Crippen LogP contribution < -0.4 is 0 Å². The summed E-state index contributed by atoms with van der Waals surface area (Å²) in [6, 6.07) is 0. The molecule has 0 aromatic rings. The highest BCUT2D eigenvalue weighted by Gasteiger charge is 1.86. The Bertz CT molecular complexity index is 144. The van der Waals surface area contributed by atoms with Crippen LogP contribution in [0.2, 0.25) is 0 Å². The fraction of sp³-hybridized carbons (Fsp3) is 0. The monoisotopic (exact) mass is 159 g/mol. The molecule has 0 aromatic carbocycles. The Kier molecular flexibility index (Phi) is 7.13. The number of nitrogens with zero attached hydrogens (tertiary/aromatic N) is 2. The van der Waals surface area contributed by atoms with Crippen LogP contribution in [0.1, 0.15) is 0 Å². The van der Waals surface area contributed by atoms with Gasteiger partial charge in [0.2, 0.25) is 12.2 Å². The zero-order valence-corrected chi connectivity index (χ0v) is 5.74. The first-order valence-corrected chi connectivity index (χ1v) is 3.37. The molecule has 0 heterocycles. The quantitative estimate of drug-likeness (QED) is 0.197. The van der Waals surface area contributed by atoms with Gasteiger partial charge in [-0.3, -0.25) is 0 Å². The summed E-state index contributed by atoms with van der Waals surface area (Å²) >= 11 is 1.72. The molecule has 0 aliphatic heterocycles. The number of hydrogen-bond donors (Lipinski definition) is 0. The molecular weight excluding hydrogens is 159 g/mol. The minimum Gasteiger partial charge on any atom is -0.210 e. The molecule has 0 atom stereocenters. The van der Waals surface area contributed by atoms with Crippen LogP contribution in [0.25, 0.3) is 0 Å². The lowest BCUT2D eigenvalue weighted by Crippen LogP contribution is -1.65. The van der Waals surface area contributed by atoms with Gasteiger partial charge in [-0.2, -0.15) is 0 Å². The zero-order valence-electron chi connectivity index (χ0n) is 4.10. The summed E-state index contributed by atoms with van der Waals surface area (Å²) in [5.41, 5.74) is 0.